The first-order valence-corrected chi connectivity index (χ1v) is 9.03. The van der Waals surface area contributed by atoms with Gasteiger partial charge in [0.2, 0.25) is 0 Å². The van der Waals surface area contributed by atoms with E-state index in [-0.39, 0.29) is 6.04 Å². The van der Waals surface area contributed by atoms with Gasteiger partial charge in [0.25, 0.3) is 0 Å². The average Bonchev–Trinajstić information content (AvgIpc) is 3.16. The minimum absolute atomic E-state index is 0.290. The number of piperidine rings is 1. The van der Waals surface area contributed by atoms with E-state index in [2.05, 4.69) is 36.2 Å². The highest BCUT2D eigenvalue weighted by molar-refractivity contribution is 5.51. The molecular weight excluding hydrogens is 326 g/mol. The van der Waals surface area contributed by atoms with Gasteiger partial charge in [-0.15, -0.1) is 0 Å². The van der Waals surface area contributed by atoms with Crippen molar-refractivity contribution in [2.24, 2.45) is 0 Å². The summed E-state index contributed by atoms with van der Waals surface area (Å²) in [6, 6.07) is 8.13. The number of nitrogens with one attached hydrogen (secondary N) is 2. The maximum absolute atomic E-state index is 4.74. The third-order valence-corrected chi connectivity index (χ3v) is 4.66. The second kappa shape index (κ2) is 7.61. The van der Waals surface area contributed by atoms with Crippen LogP contribution in [0, 0.1) is 6.92 Å². The van der Waals surface area contributed by atoms with Gasteiger partial charge >= 0.3 is 0 Å². The Morgan fingerprint density at radius 2 is 2.19 bits per heavy atom. The number of imidazole rings is 1. The summed E-state index contributed by atoms with van der Waals surface area (Å²) in [7, 11) is 0. The molecule has 7 nitrogen and oxygen atoms in total. The maximum atomic E-state index is 4.74. The number of anilines is 2. The van der Waals surface area contributed by atoms with E-state index in [1.54, 1.807) is 12.5 Å². The molecular formula is C19H23N7. The van der Waals surface area contributed by atoms with Crippen LogP contribution in [0.2, 0.25) is 0 Å². The third kappa shape index (κ3) is 3.88. The molecule has 0 aromatic carbocycles. The zero-order chi connectivity index (χ0) is 17.8. The van der Waals surface area contributed by atoms with Crippen molar-refractivity contribution in [3.63, 3.8) is 0 Å². The van der Waals surface area contributed by atoms with Crippen molar-refractivity contribution in [3.8, 4) is 0 Å². The van der Waals surface area contributed by atoms with E-state index in [0.29, 0.717) is 0 Å². The van der Waals surface area contributed by atoms with Crippen LogP contribution in [0.15, 0.2) is 43.0 Å². The molecule has 7 heteroatoms. The molecule has 1 saturated heterocycles. The molecule has 1 fully saturated rings. The quantitative estimate of drug-likeness (QED) is 0.735. The van der Waals surface area contributed by atoms with Crippen LogP contribution < -0.4 is 5.32 Å². The van der Waals surface area contributed by atoms with Gasteiger partial charge in [0.1, 0.15) is 17.5 Å². The normalized spacial score (nSPS) is 18.0. The van der Waals surface area contributed by atoms with Crippen LogP contribution in [0.1, 0.15) is 42.5 Å². The van der Waals surface area contributed by atoms with Crippen molar-refractivity contribution < 1.29 is 0 Å². The largest absolute Gasteiger partial charge is 0.347 e. The van der Waals surface area contributed by atoms with Gasteiger partial charge in [0.05, 0.1) is 18.1 Å². The SMILES string of the molecule is Cc1nc(Nc2ccccn2)cc([C@@H]2CCCCN2Cc2cnc[nH]2)n1. The Balaban J connectivity index is 1.58. The molecule has 0 bridgehead atoms. The molecule has 134 valence electrons. The van der Waals surface area contributed by atoms with Crippen LogP contribution in [-0.2, 0) is 6.54 Å². The third-order valence-electron chi connectivity index (χ3n) is 4.66. The summed E-state index contributed by atoms with van der Waals surface area (Å²) in [6.45, 7) is 3.86. The van der Waals surface area contributed by atoms with Crippen molar-refractivity contribution in [1.82, 2.24) is 29.8 Å². The van der Waals surface area contributed by atoms with Crippen LogP contribution in [0.3, 0.4) is 0 Å². The highest BCUT2D eigenvalue weighted by atomic mass is 15.2. The van der Waals surface area contributed by atoms with E-state index < -0.39 is 0 Å². The second-order valence-corrected chi connectivity index (χ2v) is 6.62. The van der Waals surface area contributed by atoms with Crippen LogP contribution in [0.5, 0.6) is 0 Å². The van der Waals surface area contributed by atoms with E-state index in [1.165, 1.54) is 12.8 Å². The zero-order valence-corrected chi connectivity index (χ0v) is 14.9. The van der Waals surface area contributed by atoms with E-state index in [0.717, 1.165) is 48.4 Å². The molecule has 1 atom stereocenters. The summed E-state index contributed by atoms with van der Waals surface area (Å²) >= 11 is 0. The molecule has 0 spiro atoms. The van der Waals surface area contributed by atoms with Crippen LogP contribution in [0.4, 0.5) is 11.6 Å². The predicted molar refractivity (Wildman–Crippen MR) is 99.9 cm³/mol. The molecule has 4 heterocycles. The average molecular weight is 349 g/mol. The molecule has 1 aliphatic rings. The number of nitrogens with zero attached hydrogens (tertiary/aromatic N) is 5. The van der Waals surface area contributed by atoms with E-state index >= 15 is 0 Å². The molecule has 0 unspecified atom stereocenters. The lowest BCUT2D eigenvalue weighted by Crippen LogP contribution is -2.33. The lowest BCUT2D eigenvalue weighted by molar-refractivity contribution is 0.135. The Bertz CT molecular complexity index is 832. The molecule has 3 aromatic rings. The Morgan fingerprint density at radius 1 is 1.23 bits per heavy atom. The van der Waals surface area contributed by atoms with Gasteiger partial charge in [-0.3, -0.25) is 4.90 Å². The van der Waals surface area contributed by atoms with Crippen LogP contribution in [0.25, 0.3) is 0 Å². The van der Waals surface area contributed by atoms with E-state index in [9.17, 15) is 0 Å². The molecule has 0 amide bonds. The molecule has 26 heavy (non-hydrogen) atoms. The smallest absolute Gasteiger partial charge is 0.135 e. The number of aromatic nitrogens is 5. The van der Waals surface area contributed by atoms with Gasteiger partial charge in [0, 0.05) is 30.7 Å². The Morgan fingerprint density at radius 3 is 3.00 bits per heavy atom. The van der Waals surface area contributed by atoms with Crippen LogP contribution >= 0.6 is 0 Å². The van der Waals surface area contributed by atoms with E-state index in [1.807, 2.05) is 31.3 Å². The van der Waals surface area contributed by atoms with Gasteiger partial charge in [0.15, 0.2) is 0 Å². The van der Waals surface area contributed by atoms with Crippen LogP contribution in [-0.4, -0.2) is 36.4 Å². The molecule has 1 aliphatic heterocycles. The number of hydrogen-bond acceptors (Lipinski definition) is 6. The molecule has 0 radical (unpaired) electrons. The first-order chi connectivity index (χ1) is 12.8. The monoisotopic (exact) mass is 349 g/mol. The fourth-order valence-corrected chi connectivity index (χ4v) is 3.50. The number of H-pyrrole nitrogens is 1. The lowest BCUT2D eigenvalue weighted by atomic mass is 9.98. The minimum Gasteiger partial charge on any atom is -0.347 e. The fourth-order valence-electron chi connectivity index (χ4n) is 3.50. The summed E-state index contributed by atoms with van der Waals surface area (Å²) in [4.78, 5) is 23.4. The number of hydrogen-bond donors (Lipinski definition) is 2. The van der Waals surface area contributed by atoms with Crippen molar-refractivity contribution in [2.45, 2.75) is 38.8 Å². The first kappa shape index (κ1) is 16.7. The summed E-state index contributed by atoms with van der Waals surface area (Å²) in [5.41, 5.74) is 2.20. The molecule has 0 saturated carbocycles. The van der Waals surface area contributed by atoms with Gasteiger partial charge in [-0.2, -0.15) is 0 Å². The number of pyridine rings is 1. The van der Waals surface area contributed by atoms with Crippen molar-refractivity contribution in [2.75, 3.05) is 11.9 Å². The van der Waals surface area contributed by atoms with Gasteiger partial charge < -0.3 is 10.3 Å². The predicted octanol–water partition coefficient (Wildman–Crippen LogP) is 3.37. The molecule has 3 aromatic heterocycles. The molecule has 2 N–H and O–H groups in total. The maximum Gasteiger partial charge on any atom is 0.135 e. The summed E-state index contributed by atoms with van der Waals surface area (Å²) in [6.07, 6.45) is 8.94. The van der Waals surface area contributed by atoms with Gasteiger partial charge in [-0.1, -0.05) is 12.5 Å². The summed E-state index contributed by atoms with van der Waals surface area (Å²) in [5.74, 6) is 2.35. The van der Waals surface area contributed by atoms with Crippen molar-refractivity contribution in [1.29, 1.82) is 0 Å². The topological polar surface area (TPSA) is 82.6 Å². The second-order valence-electron chi connectivity index (χ2n) is 6.62. The van der Waals surface area contributed by atoms with Gasteiger partial charge in [-0.25, -0.2) is 19.9 Å². The van der Waals surface area contributed by atoms with Crippen molar-refractivity contribution >= 4 is 11.6 Å². The summed E-state index contributed by atoms with van der Waals surface area (Å²) in [5, 5.41) is 3.29. The number of rotatable bonds is 5. The highest BCUT2D eigenvalue weighted by Gasteiger charge is 2.26. The number of aromatic amines is 1. The lowest BCUT2D eigenvalue weighted by Gasteiger charge is -2.35. The fraction of sp³-hybridized carbons (Fsp3) is 0.368. The zero-order valence-electron chi connectivity index (χ0n) is 14.9. The Kier molecular flexibility index (Phi) is 4.88. The Labute approximate surface area is 152 Å². The minimum atomic E-state index is 0.290. The highest BCUT2D eigenvalue weighted by Crippen LogP contribution is 2.32. The Hall–Kier alpha value is -2.80. The van der Waals surface area contributed by atoms with Crippen molar-refractivity contribution in [3.05, 3.63) is 60.2 Å². The summed E-state index contributed by atoms with van der Waals surface area (Å²) < 4.78 is 0. The van der Waals surface area contributed by atoms with Gasteiger partial charge in [-0.05, 0) is 38.4 Å². The molecule has 4 rings (SSSR count). The first-order valence-electron chi connectivity index (χ1n) is 9.03. The van der Waals surface area contributed by atoms with E-state index in [4.69, 9.17) is 4.98 Å². The number of aryl methyl sites for hydroxylation is 1. The number of likely N-dealkylation sites (tertiary alicyclic amines) is 1. The molecule has 0 aliphatic carbocycles. The standard InChI is InChI=1S/C19H23N7/c1-14-23-16(10-19(24-14)25-18-7-2-4-8-21-18)17-6-3-5-9-26(17)12-15-11-20-13-22-15/h2,4,7-8,10-11,13,17H,3,5-6,9,12H2,1H3,(H,20,22)(H,21,23,24,25)/t17-/m0/s1.